The highest BCUT2D eigenvalue weighted by Gasteiger charge is 2.53. The van der Waals surface area contributed by atoms with Crippen molar-refractivity contribution in [1.29, 1.82) is 0 Å². The highest BCUT2D eigenvalue weighted by molar-refractivity contribution is 8.00. The zero-order valence-corrected chi connectivity index (χ0v) is 22.1. The van der Waals surface area contributed by atoms with E-state index in [-0.39, 0.29) is 51.0 Å². The molecule has 0 aliphatic carbocycles. The van der Waals surface area contributed by atoms with Crippen molar-refractivity contribution < 1.29 is 42.1 Å². The number of aromatic nitrogens is 2. The van der Waals surface area contributed by atoms with Crippen LogP contribution in [0, 0.1) is 0 Å². The summed E-state index contributed by atoms with van der Waals surface area (Å²) in [5, 5.41) is 19.3. The van der Waals surface area contributed by atoms with Crippen LogP contribution in [0.15, 0.2) is 58.3 Å². The van der Waals surface area contributed by atoms with Gasteiger partial charge in [-0.15, -0.1) is 23.1 Å². The third-order valence-corrected chi connectivity index (χ3v) is 8.29. The van der Waals surface area contributed by atoms with E-state index in [1.165, 1.54) is 59.3 Å². The lowest BCUT2D eigenvalue weighted by Gasteiger charge is -2.50. The predicted molar refractivity (Wildman–Crippen MR) is 136 cm³/mol. The van der Waals surface area contributed by atoms with Gasteiger partial charge in [0, 0.05) is 28.8 Å². The van der Waals surface area contributed by atoms with Crippen LogP contribution in [0.25, 0.3) is 10.9 Å². The summed E-state index contributed by atoms with van der Waals surface area (Å²) in [6, 6.07) is 5.43. The number of nitrogens with two attached hydrogens (primary N) is 1. The quantitative estimate of drug-likeness (QED) is 0.175. The number of aliphatic carboxylic acids is 1. The van der Waals surface area contributed by atoms with Crippen molar-refractivity contribution in [3.63, 3.8) is 0 Å². The number of β-lactam (4-membered cyclic amide) rings is 1. The van der Waals surface area contributed by atoms with Crippen LogP contribution in [-0.2, 0) is 31.9 Å². The predicted octanol–water partition coefficient (Wildman–Crippen LogP) is 0.639. The zero-order chi connectivity index (χ0) is 28.8. The van der Waals surface area contributed by atoms with Gasteiger partial charge in [0.15, 0.2) is 23.6 Å². The summed E-state index contributed by atoms with van der Waals surface area (Å²) in [7, 11) is 1.23. The van der Waals surface area contributed by atoms with Crippen LogP contribution in [0.1, 0.15) is 11.3 Å². The van der Waals surface area contributed by atoms with E-state index in [1.54, 1.807) is 0 Å². The van der Waals surface area contributed by atoms with Gasteiger partial charge in [0.2, 0.25) is 5.52 Å². The Balaban J connectivity index is 1.41. The topological polar surface area (TPSA) is 154 Å². The van der Waals surface area contributed by atoms with Gasteiger partial charge in [0.1, 0.15) is 24.2 Å². The molecule has 5 rings (SSSR count). The minimum atomic E-state index is -4.58. The third kappa shape index (κ3) is 4.83. The van der Waals surface area contributed by atoms with Gasteiger partial charge in [0.25, 0.3) is 11.8 Å². The van der Waals surface area contributed by atoms with Crippen molar-refractivity contribution in [1.82, 2.24) is 15.2 Å². The second-order valence-electron chi connectivity index (χ2n) is 8.67. The molecule has 4 heterocycles. The normalized spacial score (nSPS) is 19.4. The van der Waals surface area contributed by atoms with Gasteiger partial charge in [-0.05, 0) is 12.1 Å². The summed E-state index contributed by atoms with van der Waals surface area (Å²) in [4.78, 5) is 47.9. The average Bonchev–Trinajstić information content (AvgIpc) is 3.34. The average molecular weight is 593 g/mol. The minimum Gasteiger partial charge on any atom is -0.543 e. The molecule has 0 spiro atoms. The van der Waals surface area contributed by atoms with Crippen LogP contribution in [0.2, 0.25) is 0 Å². The number of carbonyl (C=O) groups is 3. The highest BCUT2D eigenvalue weighted by Crippen LogP contribution is 2.40. The first-order valence-electron chi connectivity index (χ1n) is 11.5. The number of pyridine rings is 1. The molecule has 2 aliphatic rings. The fourth-order valence-corrected chi connectivity index (χ4v) is 6.47. The number of benzene rings is 1. The zero-order valence-electron chi connectivity index (χ0n) is 20.5. The number of amides is 2. The van der Waals surface area contributed by atoms with Gasteiger partial charge in [-0.3, -0.25) is 14.5 Å². The Morgan fingerprint density at radius 1 is 1.32 bits per heavy atom. The molecule has 0 saturated carbocycles. The van der Waals surface area contributed by atoms with Crippen molar-refractivity contribution in [2.24, 2.45) is 5.16 Å². The summed E-state index contributed by atoms with van der Waals surface area (Å²) in [6.07, 6.45) is -3.05. The molecule has 0 radical (unpaired) electrons. The molecule has 3 N–H and O–H groups in total. The Morgan fingerprint density at radius 3 is 2.75 bits per heavy atom. The molecule has 2 amide bonds. The summed E-state index contributed by atoms with van der Waals surface area (Å²) in [6.45, 7) is -0.0988. The molecule has 1 fully saturated rings. The molecule has 208 valence electrons. The number of hydrogen-bond donors (Lipinski definition) is 2. The summed E-state index contributed by atoms with van der Waals surface area (Å²) < 4.78 is 42.1. The second kappa shape index (κ2) is 10.4. The lowest BCUT2D eigenvalue weighted by Crippen LogP contribution is -2.71. The fourth-order valence-electron chi connectivity index (χ4n) is 4.59. The van der Waals surface area contributed by atoms with Crippen LogP contribution >= 0.6 is 23.1 Å². The first-order chi connectivity index (χ1) is 19.0. The van der Waals surface area contributed by atoms with Gasteiger partial charge in [0.05, 0.1) is 22.6 Å². The van der Waals surface area contributed by atoms with Crippen molar-refractivity contribution in [2.45, 2.75) is 24.1 Å². The molecule has 3 aromatic rings. The third-order valence-electron chi connectivity index (χ3n) is 6.28. The number of hydrogen-bond acceptors (Lipinski definition) is 10. The molecule has 1 saturated heterocycles. The number of rotatable bonds is 7. The number of thioether (sulfide) groups is 1. The van der Waals surface area contributed by atoms with Crippen molar-refractivity contribution in [3.05, 3.63) is 64.4 Å². The number of fused-ring (bicyclic) bond motifs is 2. The largest absolute Gasteiger partial charge is 0.543 e. The molecule has 1 aromatic carbocycles. The lowest BCUT2D eigenvalue weighted by molar-refractivity contribution is -0.663. The molecule has 2 aromatic heterocycles. The SMILES string of the molecule is CON=C(C(=O)NC1C(=O)N2C(C(=O)[O-])=C(C[n+]3cccc4c(C(F)(F)F)cccc43)CS[C@@H]12)c1csc(N)n1. The maximum absolute atomic E-state index is 13.5. The van der Waals surface area contributed by atoms with E-state index in [1.807, 2.05) is 0 Å². The molecule has 16 heteroatoms. The van der Waals surface area contributed by atoms with E-state index in [4.69, 9.17) is 10.6 Å². The molecular weight excluding hydrogens is 573 g/mol. The number of anilines is 1. The number of carboxylic acid groups (broad SMARTS) is 1. The fraction of sp³-hybridized carbons (Fsp3) is 0.250. The number of halogens is 3. The molecule has 0 bridgehead atoms. The monoisotopic (exact) mass is 592 g/mol. The van der Waals surface area contributed by atoms with Crippen LogP contribution in [-0.4, -0.2) is 57.7 Å². The maximum Gasteiger partial charge on any atom is 0.417 e. The number of thiazole rings is 1. The highest BCUT2D eigenvalue weighted by atomic mass is 32.2. The smallest absolute Gasteiger partial charge is 0.417 e. The number of alkyl halides is 3. The Kier molecular flexibility index (Phi) is 7.14. The van der Waals surface area contributed by atoms with E-state index >= 15 is 0 Å². The summed E-state index contributed by atoms with van der Waals surface area (Å²) >= 11 is 2.27. The maximum atomic E-state index is 13.5. The first kappa shape index (κ1) is 27.4. The van der Waals surface area contributed by atoms with Gasteiger partial charge in [-0.2, -0.15) is 17.7 Å². The molecule has 1 unspecified atom stereocenters. The van der Waals surface area contributed by atoms with Gasteiger partial charge >= 0.3 is 6.18 Å². The number of oxime groups is 1. The summed E-state index contributed by atoms with van der Waals surface area (Å²) in [5.41, 5.74) is 4.86. The molecule has 2 aliphatic heterocycles. The van der Waals surface area contributed by atoms with Crippen molar-refractivity contribution in [2.75, 3.05) is 18.6 Å². The number of carbonyl (C=O) groups excluding carboxylic acids is 3. The van der Waals surface area contributed by atoms with Crippen molar-refractivity contribution >= 4 is 62.6 Å². The Hall–Kier alpha value is -4.18. The van der Waals surface area contributed by atoms with E-state index in [0.29, 0.717) is 0 Å². The Morgan fingerprint density at radius 2 is 2.10 bits per heavy atom. The standard InChI is InChI=1S/C24H19F3N6O5S2/c1-38-31-16(14-10-40-23(28)29-14)19(34)30-17-20(35)33-18(22(36)37)11(9-39-21(17)33)8-32-7-3-4-12-13(24(25,26)27)5-2-6-15(12)32/h2-7,10,17,21H,8-9H2,1H3,(H3-,28,29,30,34,36,37)/t17?,21-/m0/s1. The molecule has 2 atom stereocenters. The van der Waals surface area contributed by atoms with Crippen LogP contribution in [0.3, 0.4) is 0 Å². The van der Waals surface area contributed by atoms with Crippen LogP contribution in [0.4, 0.5) is 18.3 Å². The minimum absolute atomic E-state index is 0.0485. The summed E-state index contributed by atoms with van der Waals surface area (Å²) in [5.74, 6) is -2.97. The second-order valence-corrected chi connectivity index (χ2v) is 10.7. The van der Waals surface area contributed by atoms with E-state index in [0.717, 1.165) is 22.3 Å². The number of carboxylic acids is 1. The number of nitrogen functional groups attached to an aromatic ring is 1. The van der Waals surface area contributed by atoms with Crippen LogP contribution < -0.4 is 20.7 Å². The van der Waals surface area contributed by atoms with Crippen molar-refractivity contribution in [3.8, 4) is 0 Å². The number of nitrogens with one attached hydrogen (secondary N) is 1. The number of nitrogens with zero attached hydrogens (tertiary/aromatic N) is 4. The van der Waals surface area contributed by atoms with E-state index in [9.17, 15) is 32.7 Å². The van der Waals surface area contributed by atoms with E-state index < -0.39 is 40.9 Å². The van der Waals surface area contributed by atoms with Crippen LogP contribution in [0.5, 0.6) is 0 Å². The first-order valence-corrected chi connectivity index (χ1v) is 13.4. The van der Waals surface area contributed by atoms with Gasteiger partial charge in [-0.25, -0.2) is 4.98 Å². The Labute approximate surface area is 232 Å². The van der Waals surface area contributed by atoms with Gasteiger partial charge in [-0.1, -0.05) is 11.2 Å². The lowest BCUT2D eigenvalue weighted by atomic mass is 10.0. The van der Waals surface area contributed by atoms with E-state index in [2.05, 4.69) is 15.5 Å². The van der Waals surface area contributed by atoms with Gasteiger partial charge < -0.3 is 25.8 Å². The molecular formula is C24H19F3N6O5S2. The Bertz CT molecular complexity index is 1610. The molecule has 40 heavy (non-hydrogen) atoms. The molecule has 11 nitrogen and oxygen atoms in total.